The lowest BCUT2D eigenvalue weighted by molar-refractivity contribution is 1.07. The van der Waals surface area contributed by atoms with E-state index in [2.05, 4.69) is 22.1 Å². The van der Waals surface area contributed by atoms with Gasteiger partial charge in [-0.05, 0) is 5.56 Å². The molecule has 1 aromatic heterocycles. The summed E-state index contributed by atoms with van der Waals surface area (Å²) in [6, 6.07) is 10.2. The van der Waals surface area contributed by atoms with Crippen molar-refractivity contribution in [3.05, 3.63) is 48.3 Å². The van der Waals surface area contributed by atoms with Crippen LogP contribution < -0.4 is 5.73 Å². The maximum absolute atomic E-state index is 5.69. The molecule has 4 heteroatoms. The van der Waals surface area contributed by atoms with Crippen LogP contribution in [-0.2, 0) is 5.75 Å². The van der Waals surface area contributed by atoms with Crippen molar-refractivity contribution in [2.24, 2.45) is 0 Å². The van der Waals surface area contributed by atoms with Crippen molar-refractivity contribution in [3.8, 4) is 0 Å². The lowest BCUT2D eigenvalue weighted by Gasteiger charge is -2.02. The number of nitrogens with two attached hydrogens (primary N) is 1. The SMILES string of the molecule is Nc1nccnc1SCc1ccccc1. The fourth-order valence-corrected chi connectivity index (χ4v) is 2.00. The van der Waals surface area contributed by atoms with Crippen LogP contribution in [-0.4, -0.2) is 9.97 Å². The Bertz CT molecular complexity index is 431. The van der Waals surface area contributed by atoms with E-state index in [1.54, 1.807) is 24.2 Å². The molecule has 76 valence electrons. The summed E-state index contributed by atoms with van der Waals surface area (Å²) < 4.78 is 0. The van der Waals surface area contributed by atoms with E-state index in [0.717, 1.165) is 10.8 Å². The van der Waals surface area contributed by atoms with Gasteiger partial charge in [-0.3, -0.25) is 0 Å². The molecule has 2 N–H and O–H groups in total. The van der Waals surface area contributed by atoms with E-state index >= 15 is 0 Å². The molecule has 2 rings (SSSR count). The van der Waals surface area contributed by atoms with E-state index in [-0.39, 0.29) is 0 Å². The number of thioether (sulfide) groups is 1. The molecule has 0 aliphatic carbocycles. The molecular formula is C11H11N3S. The predicted molar refractivity (Wildman–Crippen MR) is 62.4 cm³/mol. The van der Waals surface area contributed by atoms with Gasteiger partial charge in [0.2, 0.25) is 0 Å². The van der Waals surface area contributed by atoms with E-state index in [9.17, 15) is 0 Å². The van der Waals surface area contributed by atoms with Gasteiger partial charge < -0.3 is 5.73 Å². The topological polar surface area (TPSA) is 51.8 Å². The number of nitrogen functional groups attached to an aromatic ring is 1. The van der Waals surface area contributed by atoms with E-state index in [1.165, 1.54) is 5.56 Å². The summed E-state index contributed by atoms with van der Waals surface area (Å²) >= 11 is 1.60. The molecule has 1 aromatic carbocycles. The number of hydrogen-bond donors (Lipinski definition) is 1. The molecule has 3 nitrogen and oxygen atoms in total. The minimum Gasteiger partial charge on any atom is -0.381 e. The van der Waals surface area contributed by atoms with Gasteiger partial charge in [0.1, 0.15) is 5.03 Å². The summed E-state index contributed by atoms with van der Waals surface area (Å²) in [5, 5.41) is 0.793. The standard InChI is InChI=1S/C11H11N3S/c12-10-11(14-7-6-13-10)15-8-9-4-2-1-3-5-9/h1-7H,8H2,(H2,12,13). The zero-order valence-electron chi connectivity index (χ0n) is 8.13. The van der Waals surface area contributed by atoms with Crippen LogP contribution in [0.3, 0.4) is 0 Å². The summed E-state index contributed by atoms with van der Waals surface area (Å²) in [5.74, 6) is 1.36. The lowest BCUT2D eigenvalue weighted by Crippen LogP contribution is -1.94. The number of benzene rings is 1. The van der Waals surface area contributed by atoms with Gasteiger partial charge in [-0.2, -0.15) is 0 Å². The first-order chi connectivity index (χ1) is 7.36. The van der Waals surface area contributed by atoms with E-state index in [4.69, 9.17) is 5.73 Å². The van der Waals surface area contributed by atoms with Crippen LogP contribution in [0.15, 0.2) is 47.8 Å². The zero-order chi connectivity index (χ0) is 10.5. The number of hydrogen-bond acceptors (Lipinski definition) is 4. The van der Waals surface area contributed by atoms with Gasteiger partial charge in [0, 0.05) is 18.1 Å². The van der Waals surface area contributed by atoms with Crippen molar-refractivity contribution in [1.82, 2.24) is 9.97 Å². The Kier molecular flexibility index (Phi) is 3.19. The minimum absolute atomic E-state index is 0.499. The first-order valence-corrected chi connectivity index (χ1v) is 5.58. The number of anilines is 1. The van der Waals surface area contributed by atoms with E-state index in [0.29, 0.717) is 5.82 Å². The third-order valence-electron chi connectivity index (χ3n) is 1.91. The quantitative estimate of drug-likeness (QED) is 0.802. The monoisotopic (exact) mass is 217 g/mol. The van der Waals surface area contributed by atoms with Crippen LogP contribution >= 0.6 is 11.8 Å². The molecule has 0 aliphatic heterocycles. The molecule has 0 spiro atoms. The average molecular weight is 217 g/mol. The zero-order valence-corrected chi connectivity index (χ0v) is 8.95. The summed E-state index contributed by atoms with van der Waals surface area (Å²) in [5.41, 5.74) is 6.95. The van der Waals surface area contributed by atoms with Gasteiger partial charge in [0.15, 0.2) is 5.82 Å². The minimum atomic E-state index is 0.499. The van der Waals surface area contributed by atoms with Crippen LogP contribution in [0.2, 0.25) is 0 Å². The Hall–Kier alpha value is -1.55. The number of nitrogens with zero attached hydrogens (tertiary/aromatic N) is 2. The first-order valence-electron chi connectivity index (χ1n) is 4.59. The van der Waals surface area contributed by atoms with Crippen molar-refractivity contribution in [1.29, 1.82) is 0 Å². The molecule has 0 saturated heterocycles. The van der Waals surface area contributed by atoms with Crippen molar-refractivity contribution in [2.45, 2.75) is 10.8 Å². The van der Waals surface area contributed by atoms with E-state index < -0.39 is 0 Å². The average Bonchev–Trinajstić information content (AvgIpc) is 2.29. The van der Waals surface area contributed by atoms with Crippen LogP contribution in [0.5, 0.6) is 0 Å². The number of rotatable bonds is 3. The highest BCUT2D eigenvalue weighted by Crippen LogP contribution is 2.23. The second-order valence-corrected chi connectivity index (χ2v) is 3.99. The maximum Gasteiger partial charge on any atom is 0.156 e. The molecule has 0 atom stereocenters. The third kappa shape index (κ3) is 2.70. The molecule has 15 heavy (non-hydrogen) atoms. The normalized spacial score (nSPS) is 10.1. The summed E-state index contributed by atoms with van der Waals surface area (Å²) in [6.07, 6.45) is 3.26. The Labute approximate surface area is 92.8 Å². The molecule has 0 bridgehead atoms. The second-order valence-electron chi connectivity index (χ2n) is 3.02. The Morgan fingerprint density at radius 1 is 1.07 bits per heavy atom. The fraction of sp³-hybridized carbons (Fsp3) is 0.0909. The van der Waals surface area contributed by atoms with Gasteiger partial charge in [-0.15, -0.1) is 0 Å². The Morgan fingerprint density at radius 3 is 2.53 bits per heavy atom. The van der Waals surface area contributed by atoms with Crippen molar-refractivity contribution >= 4 is 17.6 Å². The highest BCUT2D eigenvalue weighted by atomic mass is 32.2. The molecule has 2 aromatic rings. The van der Waals surface area contributed by atoms with Gasteiger partial charge in [-0.1, -0.05) is 42.1 Å². The van der Waals surface area contributed by atoms with E-state index in [1.807, 2.05) is 18.2 Å². The highest BCUT2D eigenvalue weighted by molar-refractivity contribution is 7.98. The molecule has 0 fully saturated rings. The predicted octanol–water partition coefficient (Wildman–Crippen LogP) is 2.35. The molecule has 0 aliphatic rings. The molecular weight excluding hydrogens is 206 g/mol. The Morgan fingerprint density at radius 2 is 1.80 bits per heavy atom. The molecule has 0 radical (unpaired) electrons. The number of aromatic nitrogens is 2. The summed E-state index contributed by atoms with van der Waals surface area (Å²) in [6.45, 7) is 0. The first kappa shape index (κ1) is 9.98. The summed E-state index contributed by atoms with van der Waals surface area (Å²) in [7, 11) is 0. The molecule has 0 saturated carbocycles. The largest absolute Gasteiger partial charge is 0.381 e. The third-order valence-corrected chi connectivity index (χ3v) is 2.98. The van der Waals surface area contributed by atoms with Gasteiger partial charge in [-0.25, -0.2) is 9.97 Å². The molecule has 0 unspecified atom stereocenters. The lowest BCUT2D eigenvalue weighted by atomic mass is 10.2. The van der Waals surface area contributed by atoms with Crippen molar-refractivity contribution < 1.29 is 0 Å². The molecule has 0 amide bonds. The van der Waals surface area contributed by atoms with Crippen LogP contribution in [0.1, 0.15) is 5.56 Å². The van der Waals surface area contributed by atoms with Crippen molar-refractivity contribution in [3.63, 3.8) is 0 Å². The van der Waals surface area contributed by atoms with Gasteiger partial charge >= 0.3 is 0 Å². The fourth-order valence-electron chi connectivity index (χ4n) is 1.17. The van der Waals surface area contributed by atoms with Crippen molar-refractivity contribution in [2.75, 3.05) is 5.73 Å². The summed E-state index contributed by atoms with van der Waals surface area (Å²) in [4.78, 5) is 8.15. The van der Waals surface area contributed by atoms with Crippen LogP contribution in [0.25, 0.3) is 0 Å². The van der Waals surface area contributed by atoms with Gasteiger partial charge in [0.25, 0.3) is 0 Å². The molecule has 1 heterocycles. The highest BCUT2D eigenvalue weighted by Gasteiger charge is 2.01. The second kappa shape index (κ2) is 4.79. The Balaban J connectivity index is 2.03. The van der Waals surface area contributed by atoms with Gasteiger partial charge in [0.05, 0.1) is 0 Å². The smallest absolute Gasteiger partial charge is 0.156 e. The maximum atomic E-state index is 5.69. The van der Waals surface area contributed by atoms with Crippen LogP contribution in [0.4, 0.5) is 5.82 Å². The van der Waals surface area contributed by atoms with Crippen LogP contribution in [0, 0.1) is 0 Å².